The summed E-state index contributed by atoms with van der Waals surface area (Å²) in [5, 5.41) is 5.51. The first-order chi connectivity index (χ1) is 14.6. The molecular formula is C24H24N2O4. The maximum atomic E-state index is 12.9. The van der Waals surface area contributed by atoms with Gasteiger partial charge >= 0.3 is 6.09 Å². The molecule has 0 aliphatic heterocycles. The lowest BCUT2D eigenvalue weighted by molar-refractivity contribution is -0.118. The highest BCUT2D eigenvalue weighted by Gasteiger charge is 2.22. The van der Waals surface area contributed by atoms with Gasteiger partial charge in [0.15, 0.2) is 0 Å². The lowest BCUT2D eigenvalue weighted by Gasteiger charge is -2.19. The number of benzene rings is 3. The second-order valence-corrected chi connectivity index (χ2v) is 6.67. The van der Waals surface area contributed by atoms with Gasteiger partial charge in [-0.25, -0.2) is 4.79 Å². The number of alkyl carbamates (subject to hydrolysis) is 1. The highest BCUT2D eigenvalue weighted by atomic mass is 16.5. The lowest BCUT2D eigenvalue weighted by Crippen LogP contribution is -2.45. The Labute approximate surface area is 175 Å². The summed E-state index contributed by atoms with van der Waals surface area (Å²) in [6, 6.07) is 25.1. The highest BCUT2D eigenvalue weighted by Crippen LogP contribution is 2.16. The Morgan fingerprint density at radius 2 is 1.43 bits per heavy atom. The van der Waals surface area contributed by atoms with Gasteiger partial charge in [0.1, 0.15) is 18.4 Å². The molecule has 0 aromatic heterocycles. The molecule has 0 spiro atoms. The SMILES string of the molecule is COc1ccc(NC(=O)[C@H](Cc2ccccc2)NC(=O)OCc2ccccc2)cc1. The van der Waals surface area contributed by atoms with Crippen LogP contribution in [0.25, 0.3) is 0 Å². The third kappa shape index (κ3) is 6.38. The number of carbonyl (C=O) groups excluding carboxylic acids is 2. The van der Waals surface area contributed by atoms with Gasteiger partial charge in [-0.1, -0.05) is 60.7 Å². The molecule has 0 saturated carbocycles. The second-order valence-electron chi connectivity index (χ2n) is 6.67. The van der Waals surface area contributed by atoms with Crippen LogP contribution in [0, 0.1) is 0 Å². The molecule has 0 bridgehead atoms. The zero-order valence-electron chi connectivity index (χ0n) is 16.7. The zero-order valence-corrected chi connectivity index (χ0v) is 16.7. The van der Waals surface area contributed by atoms with Crippen molar-refractivity contribution in [1.82, 2.24) is 5.32 Å². The molecule has 0 saturated heterocycles. The number of methoxy groups -OCH3 is 1. The van der Waals surface area contributed by atoms with Crippen molar-refractivity contribution in [3.05, 3.63) is 96.1 Å². The molecule has 0 aliphatic rings. The van der Waals surface area contributed by atoms with Crippen molar-refractivity contribution >= 4 is 17.7 Å². The second kappa shape index (κ2) is 10.7. The molecule has 3 aromatic rings. The van der Waals surface area contributed by atoms with Crippen LogP contribution in [0.3, 0.4) is 0 Å². The normalized spacial score (nSPS) is 11.2. The molecule has 0 radical (unpaired) electrons. The van der Waals surface area contributed by atoms with Crippen LogP contribution in [0.15, 0.2) is 84.9 Å². The average molecular weight is 404 g/mol. The smallest absolute Gasteiger partial charge is 0.408 e. The highest BCUT2D eigenvalue weighted by molar-refractivity contribution is 5.96. The van der Waals surface area contributed by atoms with Gasteiger partial charge in [-0.05, 0) is 35.4 Å². The van der Waals surface area contributed by atoms with Gasteiger partial charge in [-0.15, -0.1) is 0 Å². The van der Waals surface area contributed by atoms with E-state index in [0.717, 1.165) is 11.1 Å². The monoisotopic (exact) mass is 404 g/mol. The fourth-order valence-corrected chi connectivity index (χ4v) is 2.87. The maximum absolute atomic E-state index is 12.9. The van der Waals surface area contributed by atoms with E-state index in [-0.39, 0.29) is 12.5 Å². The molecule has 1 atom stereocenters. The maximum Gasteiger partial charge on any atom is 0.408 e. The standard InChI is InChI=1S/C24H24N2O4/c1-29-21-14-12-20(13-15-21)25-23(27)22(16-18-8-4-2-5-9-18)26-24(28)30-17-19-10-6-3-7-11-19/h2-15,22H,16-17H2,1H3,(H,25,27)(H,26,28)/t22-/m0/s1. The Hall–Kier alpha value is -3.80. The predicted molar refractivity (Wildman–Crippen MR) is 115 cm³/mol. The number of hydrogen-bond acceptors (Lipinski definition) is 4. The summed E-state index contributed by atoms with van der Waals surface area (Å²) < 4.78 is 10.4. The molecule has 0 fully saturated rings. The Bertz CT molecular complexity index is 944. The molecule has 3 aromatic carbocycles. The summed E-state index contributed by atoms with van der Waals surface area (Å²) in [6.45, 7) is 0.130. The summed E-state index contributed by atoms with van der Waals surface area (Å²) in [5.74, 6) is 0.358. The number of anilines is 1. The molecule has 6 nitrogen and oxygen atoms in total. The fraction of sp³-hybridized carbons (Fsp3) is 0.167. The quantitative estimate of drug-likeness (QED) is 0.591. The Kier molecular flexibility index (Phi) is 7.44. The molecule has 0 aliphatic carbocycles. The molecule has 2 amide bonds. The van der Waals surface area contributed by atoms with E-state index in [2.05, 4.69) is 10.6 Å². The van der Waals surface area contributed by atoms with Gasteiger partial charge in [-0.2, -0.15) is 0 Å². The van der Waals surface area contributed by atoms with E-state index < -0.39 is 12.1 Å². The number of rotatable bonds is 8. The van der Waals surface area contributed by atoms with Gasteiger partial charge in [-0.3, -0.25) is 4.79 Å². The third-order valence-electron chi connectivity index (χ3n) is 4.46. The van der Waals surface area contributed by atoms with E-state index >= 15 is 0 Å². The van der Waals surface area contributed by atoms with Crippen molar-refractivity contribution in [2.24, 2.45) is 0 Å². The van der Waals surface area contributed by atoms with Gasteiger partial charge < -0.3 is 20.1 Å². The lowest BCUT2D eigenvalue weighted by atomic mass is 10.1. The topological polar surface area (TPSA) is 76.7 Å². The van der Waals surface area contributed by atoms with Crippen molar-refractivity contribution in [3.63, 3.8) is 0 Å². The van der Waals surface area contributed by atoms with E-state index in [1.165, 1.54) is 0 Å². The molecule has 2 N–H and O–H groups in total. The van der Waals surface area contributed by atoms with Gasteiger partial charge in [0.25, 0.3) is 0 Å². The van der Waals surface area contributed by atoms with Crippen LogP contribution in [0.2, 0.25) is 0 Å². The molecule has 30 heavy (non-hydrogen) atoms. The van der Waals surface area contributed by atoms with Crippen LogP contribution in [-0.2, 0) is 22.6 Å². The minimum Gasteiger partial charge on any atom is -0.497 e. The van der Waals surface area contributed by atoms with E-state index in [1.807, 2.05) is 60.7 Å². The van der Waals surface area contributed by atoms with E-state index in [0.29, 0.717) is 17.9 Å². The zero-order chi connectivity index (χ0) is 21.2. The van der Waals surface area contributed by atoms with E-state index in [9.17, 15) is 9.59 Å². The van der Waals surface area contributed by atoms with Crippen LogP contribution in [0.5, 0.6) is 5.75 Å². The summed E-state index contributed by atoms with van der Waals surface area (Å²) in [7, 11) is 1.58. The first-order valence-corrected chi connectivity index (χ1v) is 9.60. The Morgan fingerprint density at radius 1 is 0.833 bits per heavy atom. The molecule has 6 heteroatoms. The van der Waals surface area contributed by atoms with Crippen molar-refractivity contribution in [2.45, 2.75) is 19.1 Å². The number of hydrogen-bond donors (Lipinski definition) is 2. The van der Waals surface area contributed by atoms with Gasteiger partial charge in [0, 0.05) is 12.1 Å². The van der Waals surface area contributed by atoms with Crippen molar-refractivity contribution < 1.29 is 19.1 Å². The number of carbonyl (C=O) groups is 2. The van der Waals surface area contributed by atoms with Crippen LogP contribution in [-0.4, -0.2) is 25.2 Å². The van der Waals surface area contributed by atoms with Crippen LogP contribution in [0.4, 0.5) is 10.5 Å². The molecule has 3 rings (SSSR count). The minimum absolute atomic E-state index is 0.130. The largest absolute Gasteiger partial charge is 0.497 e. The first-order valence-electron chi connectivity index (χ1n) is 9.60. The number of ether oxygens (including phenoxy) is 2. The van der Waals surface area contributed by atoms with Crippen LogP contribution >= 0.6 is 0 Å². The average Bonchev–Trinajstić information content (AvgIpc) is 2.79. The van der Waals surface area contributed by atoms with E-state index in [1.54, 1.807) is 31.4 Å². The summed E-state index contributed by atoms with van der Waals surface area (Å²) >= 11 is 0. The van der Waals surface area contributed by atoms with Crippen LogP contribution < -0.4 is 15.4 Å². The minimum atomic E-state index is -0.794. The van der Waals surface area contributed by atoms with Crippen LogP contribution in [0.1, 0.15) is 11.1 Å². The molecular weight excluding hydrogens is 380 g/mol. The van der Waals surface area contributed by atoms with Crippen molar-refractivity contribution in [1.29, 1.82) is 0 Å². The summed E-state index contributed by atoms with van der Waals surface area (Å²) in [6.07, 6.45) is -0.312. The van der Waals surface area contributed by atoms with E-state index in [4.69, 9.17) is 9.47 Å². The predicted octanol–water partition coefficient (Wildman–Crippen LogP) is 4.17. The third-order valence-corrected chi connectivity index (χ3v) is 4.46. The van der Waals surface area contributed by atoms with Gasteiger partial charge in [0.05, 0.1) is 7.11 Å². The Morgan fingerprint density at radius 3 is 2.03 bits per heavy atom. The fourth-order valence-electron chi connectivity index (χ4n) is 2.87. The van der Waals surface area contributed by atoms with Gasteiger partial charge in [0.2, 0.25) is 5.91 Å². The molecule has 0 heterocycles. The first kappa shape index (κ1) is 20.9. The van der Waals surface area contributed by atoms with Crippen molar-refractivity contribution in [2.75, 3.05) is 12.4 Å². The number of nitrogens with one attached hydrogen (secondary N) is 2. The molecule has 154 valence electrons. The number of amides is 2. The Balaban J connectivity index is 1.65. The molecule has 0 unspecified atom stereocenters. The van der Waals surface area contributed by atoms with Crippen molar-refractivity contribution in [3.8, 4) is 5.75 Å². The summed E-state index contributed by atoms with van der Waals surface area (Å²) in [4.78, 5) is 25.2. The summed E-state index contributed by atoms with van der Waals surface area (Å²) in [5.41, 5.74) is 2.41.